The predicted molar refractivity (Wildman–Crippen MR) is 92.4 cm³/mol. The van der Waals surface area contributed by atoms with Crippen LogP contribution in [0.2, 0.25) is 0 Å². The lowest BCUT2D eigenvalue weighted by Gasteiger charge is -2.10. The second kappa shape index (κ2) is 8.17. The molecule has 0 saturated carbocycles. The van der Waals surface area contributed by atoms with Crippen molar-refractivity contribution in [1.29, 1.82) is 0 Å². The number of nitrogens with one attached hydrogen (secondary N) is 1. The third kappa shape index (κ3) is 5.33. The zero-order valence-corrected chi connectivity index (χ0v) is 15.2. The van der Waals surface area contributed by atoms with Crippen LogP contribution in [-0.4, -0.2) is 30.9 Å². The molecule has 0 amide bonds. The quantitative estimate of drug-likeness (QED) is 0.756. The van der Waals surface area contributed by atoms with Gasteiger partial charge in [0.25, 0.3) is 0 Å². The molecule has 0 aliphatic carbocycles. The number of aromatic nitrogens is 2. The molecule has 1 N–H and O–H groups in total. The summed E-state index contributed by atoms with van der Waals surface area (Å²) >= 11 is 0. The Morgan fingerprint density at radius 1 is 1.24 bits per heavy atom. The maximum absolute atomic E-state index is 12.1. The van der Waals surface area contributed by atoms with Gasteiger partial charge in [-0.25, -0.2) is 27.9 Å². The second-order valence-corrected chi connectivity index (χ2v) is 7.75. The van der Waals surface area contributed by atoms with Crippen molar-refractivity contribution in [1.82, 2.24) is 14.7 Å². The monoisotopic (exact) mass is 363 g/mol. The molecular formula is C17H21N3O4S. The molecule has 7 nitrogen and oxygen atoms in total. The van der Waals surface area contributed by atoms with Crippen LogP contribution < -0.4 is 4.72 Å². The van der Waals surface area contributed by atoms with Crippen molar-refractivity contribution in [3.8, 4) is 0 Å². The van der Waals surface area contributed by atoms with Crippen molar-refractivity contribution in [2.45, 2.75) is 32.3 Å². The molecule has 1 aromatic heterocycles. The van der Waals surface area contributed by atoms with E-state index >= 15 is 0 Å². The Bertz CT molecular complexity index is 833. The lowest BCUT2D eigenvalue weighted by atomic mass is 10.2. The Labute approximate surface area is 147 Å². The first-order valence-corrected chi connectivity index (χ1v) is 9.30. The van der Waals surface area contributed by atoms with Crippen LogP contribution in [0.5, 0.6) is 0 Å². The van der Waals surface area contributed by atoms with E-state index in [1.807, 2.05) is 13.8 Å². The smallest absolute Gasteiger partial charge is 0.338 e. The van der Waals surface area contributed by atoms with Gasteiger partial charge in [-0.05, 0) is 37.1 Å². The Kier molecular flexibility index (Phi) is 6.22. The van der Waals surface area contributed by atoms with E-state index in [1.165, 1.54) is 30.6 Å². The van der Waals surface area contributed by atoms with Crippen molar-refractivity contribution in [3.05, 3.63) is 53.6 Å². The first-order chi connectivity index (χ1) is 11.8. The number of nitrogens with zero attached hydrogens (tertiary/aromatic N) is 2. The molecule has 25 heavy (non-hydrogen) atoms. The number of rotatable bonds is 7. The number of esters is 1. The molecule has 0 spiro atoms. The zero-order valence-electron chi connectivity index (χ0n) is 14.4. The van der Waals surface area contributed by atoms with E-state index < -0.39 is 16.0 Å². The Morgan fingerprint density at radius 3 is 2.52 bits per heavy atom. The minimum atomic E-state index is -3.58. The van der Waals surface area contributed by atoms with Gasteiger partial charge in [-0.2, -0.15) is 0 Å². The van der Waals surface area contributed by atoms with Crippen LogP contribution in [0.25, 0.3) is 0 Å². The number of carbonyl (C=O) groups is 1. The molecule has 0 aliphatic heterocycles. The Morgan fingerprint density at radius 2 is 1.92 bits per heavy atom. The summed E-state index contributed by atoms with van der Waals surface area (Å²) in [5.41, 5.74) is 1.73. The second-order valence-electron chi connectivity index (χ2n) is 5.98. The summed E-state index contributed by atoms with van der Waals surface area (Å²) in [7, 11) is -3.58. The zero-order chi connectivity index (χ0) is 18.4. The third-order valence-electron chi connectivity index (χ3n) is 3.45. The molecule has 0 atom stereocenters. The van der Waals surface area contributed by atoms with Crippen molar-refractivity contribution >= 4 is 16.0 Å². The number of sulfonamides is 1. The summed E-state index contributed by atoms with van der Waals surface area (Å²) < 4.78 is 32.0. The van der Waals surface area contributed by atoms with Gasteiger partial charge in [0, 0.05) is 24.0 Å². The van der Waals surface area contributed by atoms with Crippen molar-refractivity contribution < 1.29 is 17.9 Å². The average molecular weight is 363 g/mol. The minimum Gasteiger partial charge on any atom is -0.457 e. The molecular weight excluding hydrogens is 342 g/mol. The first-order valence-electron chi connectivity index (χ1n) is 7.82. The summed E-state index contributed by atoms with van der Waals surface area (Å²) in [5, 5.41) is 0. The maximum Gasteiger partial charge on any atom is 0.338 e. The van der Waals surface area contributed by atoms with Crippen LogP contribution >= 0.6 is 0 Å². The number of aryl methyl sites for hydroxylation is 1. The van der Waals surface area contributed by atoms with E-state index in [4.69, 9.17) is 4.74 Å². The van der Waals surface area contributed by atoms with Gasteiger partial charge >= 0.3 is 5.97 Å². The van der Waals surface area contributed by atoms with Crippen molar-refractivity contribution in [2.24, 2.45) is 5.92 Å². The lowest BCUT2D eigenvalue weighted by Crippen LogP contribution is -2.27. The Balaban J connectivity index is 2.01. The number of hydrogen-bond donors (Lipinski definition) is 1. The lowest BCUT2D eigenvalue weighted by molar-refractivity contribution is 0.0471. The molecule has 1 heterocycles. The normalized spacial score (nSPS) is 11.5. The van der Waals surface area contributed by atoms with Gasteiger partial charge in [-0.15, -0.1) is 0 Å². The fourth-order valence-electron chi connectivity index (χ4n) is 1.92. The van der Waals surface area contributed by atoms with Gasteiger partial charge in [0.2, 0.25) is 10.0 Å². The van der Waals surface area contributed by atoms with Crippen LogP contribution in [0.4, 0.5) is 0 Å². The van der Waals surface area contributed by atoms with Crippen LogP contribution in [0.1, 0.15) is 35.5 Å². The van der Waals surface area contributed by atoms with Gasteiger partial charge < -0.3 is 4.74 Å². The van der Waals surface area contributed by atoms with Crippen molar-refractivity contribution in [3.63, 3.8) is 0 Å². The van der Waals surface area contributed by atoms with Crippen LogP contribution in [0.15, 0.2) is 41.7 Å². The van der Waals surface area contributed by atoms with E-state index in [2.05, 4.69) is 14.7 Å². The van der Waals surface area contributed by atoms with E-state index in [9.17, 15) is 13.2 Å². The standard InChI is InChI=1S/C17H21N3O4S/c1-12(2)8-20-25(22,23)16-6-4-14(5-7-16)17(21)24-10-15-9-18-11-19-13(15)3/h4-7,9,11-12,20H,8,10H2,1-3H3. The topological polar surface area (TPSA) is 98.2 Å². The van der Waals surface area contributed by atoms with Crippen LogP contribution in [-0.2, 0) is 21.4 Å². The molecule has 0 fully saturated rings. The molecule has 1 aromatic carbocycles. The molecule has 0 radical (unpaired) electrons. The van der Waals surface area contributed by atoms with E-state index in [0.717, 1.165) is 5.69 Å². The van der Waals surface area contributed by atoms with Gasteiger partial charge in [0.15, 0.2) is 0 Å². The molecule has 8 heteroatoms. The van der Waals surface area contributed by atoms with Crippen LogP contribution in [0, 0.1) is 12.8 Å². The number of hydrogen-bond acceptors (Lipinski definition) is 6. The molecule has 0 aliphatic rings. The van der Waals surface area contributed by atoms with E-state index in [-0.39, 0.29) is 23.0 Å². The van der Waals surface area contributed by atoms with Gasteiger partial charge in [-0.1, -0.05) is 13.8 Å². The number of benzene rings is 1. The van der Waals surface area contributed by atoms with Crippen molar-refractivity contribution in [2.75, 3.05) is 6.54 Å². The number of carbonyl (C=O) groups excluding carboxylic acids is 1. The number of ether oxygens (including phenoxy) is 1. The van der Waals surface area contributed by atoms with Gasteiger partial charge in [-0.3, -0.25) is 0 Å². The fourth-order valence-corrected chi connectivity index (χ4v) is 3.13. The summed E-state index contributed by atoms with van der Waals surface area (Å²) in [6.45, 7) is 6.04. The Hall–Kier alpha value is -2.32. The highest BCUT2D eigenvalue weighted by Crippen LogP contribution is 2.13. The summed E-state index contributed by atoms with van der Waals surface area (Å²) in [6, 6.07) is 5.63. The fraction of sp³-hybridized carbons (Fsp3) is 0.353. The predicted octanol–water partition coefficient (Wildman–Crippen LogP) is 2.08. The summed E-state index contributed by atoms with van der Waals surface area (Å²) in [5.74, 6) is -0.336. The summed E-state index contributed by atoms with van der Waals surface area (Å²) in [6.07, 6.45) is 3.01. The summed E-state index contributed by atoms with van der Waals surface area (Å²) in [4.78, 5) is 20.1. The molecule has 134 valence electrons. The largest absolute Gasteiger partial charge is 0.457 e. The molecule has 0 unspecified atom stereocenters. The van der Waals surface area contributed by atoms with E-state index in [0.29, 0.717) is 12.1 Å². The molecule has 0 bridgehead atoms. The maximum atomic E-state index is 12.1. The minimum absolute atomic E-state index is 0.0570. The first kappa shape index (κ1) is 19.0. The molecule has 2 aromatic rings. The third-order valence-corrected chi connectivity index (χ3v) is 4.89. The molecule has 2 rings (SSSR count). The highest BCUT2D eigenvalue weighted by Gasteiger charge is 2.16. The SMILES string of the molecule is Cc1ncncc1COC(=O)c1ccc(S(=O)(=O)NCC(C)C)cc1. The van der Waals surface area contributed by atoms with E-state index in [1.54, 1.807) is 13.1 Å². The highest BCUT2D eigenvalue weighted by atomic mass is 32.2. The van der Waals surface area contributed by atoms with Crippen LogP contribution in [0.3, 0.4) is 0 Å². The van der Waals surface area contributed by atoms with Gasteiger partial charge in [0.05, 0.1) is 10.5 Å². The highest BCUT2D eigenvalue weighted by molar-refractivity contribution is 7.89. The molecule has 0 saturated heterocycles. The average Bonchev–Trinajstić information content (AvgIpc) is 2.59. The van der Waals surface area contributed by atoms with Gasteiger partial charge in [0.1, 0.15) is 12.9 Å².